The highest BCUT2D eigenvalue weighted by Gasteiger charge is 2.18. The molecule has 0 atom stereocenters. The summed E-state index contributed by atoms with van der Waals surface area (Å²) in [4.78, 5) is 25.8. The van der Waals surface area contributed by atoms with Gasteiger partial charge in [0.25, 0.3) is 5.91 Å². The van der Waals surface area contributed by atoms with Gasteiger partial charge in [0, 0.05) is 7.05 Å². The normalized spacial score (nSPS) is 11.0. The molecule has 2 aromatic carbocycles. The Morgan fingerprint density at radius 1 is 1.27 bits per heavy atom. The summed E-state index contributed by atoms with van der Waals surface area (Å²) in [6.45, 7) is 0.265. The van der Waals surface area contributed by atoms with E-state index >= 15 is 0 Å². The molecule has 0 fully saturated rings. The quantitative estimate of drug-likeness (QED) is 0.613. The number of carbonyl (C=O) groups is 1. The lowest BCUT2D eigenvalue weighted by atomic mass is 10.1. The van der Waals surface area contributed by atoms with Crippen molar-refractivity contribution in [3.8, 4) is 5.69 Å². The van der Waals surface area contributed by atoms with E-state index in [1.165, 1.54) is 18.5 Å². The molecule has 0 unspecified atom stereocenters. The second-order valence-electron chi connectivity index (χ2n) is 5.86. The zero-order valence-corrected chi connectivity index (χ0v) is 13.9. The number of H-pyrrole nitrogens is 1. The number of nitrogens with one attached hydrogen (secondary N) is 1. The summed E-state index contributed by atoms with van der Waals surface area (Å²) in [5.41, 5.74) is 2.41. The van der Waals surface area contributed by atoms with Gasteiger partial charge in [0.2, 0.25) is 0 Å². The van der Waals surface area contributed by atoms with Crippen molar-refractivity contribution in [2.45, 2.75) is 6.54 Å². The fraction of sp³-hybridized carbons (Fsp3) is 0.111. The van der Waals surface area contributed by atoms with Crippen molar-refractivity contribution in [3.63, 3.8) is 0 Å². The molecule has 0 saturated heterocycles. The van der Waals surface area contributed by atoms with Crippen LogP contribution in [0.1, 0.15) is 16.2 Å². The Hall–Kier alpha value is -3.55. The Labute approximate surface area is 148 Å². The molecule has 0 radical (unpaired) electrons. The van der Waals surface area contributed by atoms with Gasteiger partial charge < -0.3 is 9.88 Å². The van der Waals surface area contributed by atoms with Crippen LogP contribution in [-0.4, -0.2) is 42.6 Å². The molecule has 0 aliphatic carbocycles. The summed E-state index contributed by atoms with van der Waals surface area (Å²) >= 11 is 0. The molecule has 0 aliphatic rings. The van der Waals surface area contributed by atoms with Crippen LogP contribution < -0.4 is 0 Å². The van der Waals surface area contributed by atoms with Crippen molar-refractivity contribution in [2.24, 2.45) is 0 Å². The number of benzene rings is 2. The maximum Gasteiger partial charge on any atom is 0.256 e. The van der Waals surface area contributed by atoms with Crippen LogP contribution in [0.3, 0.4) is 0 Å². The molecule has 2 aromatic heterocycles. The molecule has 1 N–H and O–H groups in total. The number of rotatable bonds is 4. The number of halogens is 1. The maximum atomic E-state index is 13.3. The highest BCUT2D eigenvalue weighted by molar-refractivity contribution is 5.97. The monoisotopic (exact) mass is 350 g/mol. The maximum absolute atomic E-state index is 13.3. The van der Waals surface area contributed by atoms with Gasteiger partial charge in [-0.1, -0.05) is 12.1 Å². The van der Waals surface area contributed by atoms with E-state index in [9.17, 15) is 9.18 Å². The second-order valence-corrected chi connectivity index (χ2v) is 5.86. The highest BCUT2D eigenvalue weighted by Crippen LogP contribution is 2.17. The molecule has 0 bridgehead atoms. The molecular weight excluding hydrogens is 335 g/mol. The first-order chi connectivity index (χ1) is 12.6. The first-order valence-corrected chi connectivity index (χ1v) is 7.95. The van der Waals surface area contributed by atoms with Gasteiger partial charge in [0.05, 0.1) is 28.8 Å². The smallest absolute Gasteiger partial charge is 0.256 e. The van der Waals surface area contributed by atoms with E-state index in [0.29, 0.717) is 28.1 Å². The minimum atomic E-state index is -0.334. The van der Waals surface area contributed by atoms with Gasteiger partial charge in [0.15, 0.2) is 0 Å². The number of fused-ring (bicyclic) bond motifs is 1. The number of nitrogens with zero attached hydrogens (tertiary/aromatic N) is 5. The SMILES string of the molecule is CN(Cc1nc2ccc(F)cc2[nH]1)C(=O)c1ccccc1-n1cncn1. The van der Waals surface area contributed by atoms with Crippen molar-refractivity contribution in [1.82, 2.24) is 29.6 Å². The number of hydrogen-bond acceptors (Lipinski definition) is 4. The van der Waals surface area contributed by atoms with Crippen LogP contribution in [0, 0.1) is 5.82 Å². The first kappa shape index (κ1) is 15.9. The second kappa shape index (κ2) is 6.40. The predicted octanol–water partition coefficient (Wildman–Crippen LogP) is 2.55. The van der Waals surface area contributed by atoms with E-state index in [4.69, 9.17) is 0 Å². The lowest BCUT2D eigenvalue weighted by Gasteiger charge is -2.17. The molecule has 4 aromatic rings. The van der Waals surface area contributed by atoms with Gasteiger partial charge in [-0.05, 0) is 30.3 Å². The third kappa shape index (κ3) is 2.92. The lowest BCUT2D eigenvalue weighted by Crippen LogP contribution is -2.27. The molecule has 8 heteroatoms. The first-order valence-electron chi connectivity index (χ1n) is 7.95. The van der Waals surface area contributed by atoms with E-state index in [1.54, 1.807) is 47.2 Å². The Morgan fingerprint density at radius 2 is 2.12 bits per heavy atom. The van der Waals surface area contributed by atoms with E-state index in [1.807, 2.05) is 6.07 Å². The average Bonchev–Trinajstić information content (AvgIpc) is 3.30. The number of imidazole rings is 1. The van der Waals surface area contributed by atoms with Gasteiger partial charge in [0.1, 0.15) is 24.3 Å². The van der Waals surface area contributed by atoms with Crippen LogP contribution in [0.15, 0.2) is 55.1 Å². The number of hydrogen-bond donors (Lipinski definition) is 1. The molecule has 7 nitrogen and oxygen atoms in total. The van der Waals surface area contributed by atoms with E-state index in [0.717, 1.165) is 0 Å². The molecule has 130 valence electrons. The van der Waals surface area contributed by atoms with Crippen molar-refractivity contribution in [3.05, 3.63) is 72.3 Å². The number of para-hydroxylation sites is 1. The van der Waals surface area contributed by atoms with Crippen molar-refractivity contribution in [2.75, 3.05) is 7.05 Å². The van der Waals surface area contributed by atoms with E-state index in [-0.39, 0.29) is 18.3 Å². The molecule has 26 heavy (non-hydrogen) atoms. The zero-order chi connectivity index (χ0) is 18.1. The molecular formula is C18H15FN6O. The molecule has 4 rings (SSSR count). The number of aromatic nitrogens is 5. The predicted molar refractivity (Wildman–Crippen MR) is 93.2 cm³/mol. The van der Waals surface area contributed by atoms with Crippen molar-refractivity contribution in [1.29, 1.82) is 0 Å². The van der Waals surface area contributed by atoms with Gasteiger partial charge in [-0.3, -0.25) is 4.79 Å². The summed E-state index contributed by atoms with van der Waals surface area (Å²) in [5.74, 6) is 0.0707. The van der Waals surface area contributed by atoms with Gasteiger partial charge in [-0.25, -0.2) is 19.0 Å². The van der Waals surface area contributed by atoms with Crippen LogP contribution in [-0.2, 0) is 6.54 Å². The number of carbonyl (C=O) groups excluding carboxylic acids is 1. The van der Waals surface area contributed by atoms with E-state index < -0.39 is 0 Å². The molecule has 2 heterocycles. The van der Waals surface area contributed by atoms with Crippen LogP contribution >= 0.6 is 0 Å². The molecule has 1 amide bonds. The Kier molecular flexibility index (Phi) is 3.92. The molecule has 0 spiro atoms. The summed E-state index contributed by atoms with van der Waals surface area (Å²) in [6.07, 6.45) is 2.96. The van der Waals surface area contributed by atoms with Crippen LogP contribution in [0.4, 0.5) is 4.39 Å². The third-order valence-electron chi connectivity index (χ3n) is 4.03. The lowest BCUT2D eigenvalue weighted by molar-refractivity contribution is 0.0782. The third-order valence-corrected chi connectivity index (χ3v) is 4.03. The summed E-state index contributed by atoms with van der Waals surface area (Å²) < 4.78 is 14.9. The Balaban J connectivity index is 1.60. The molecule has 0 saturated carbocycles. The zero-order valence-electron chi connectivity index (χ0n) is 13.9. The Bertz CT molecular complexity index is 1070. The summed E-state index contributed by atoms with van der Waals surface area (Å²) in [6, 6.07) is 11.5. The fourth-order valence-electron chi connectivity index (χ4n) is 2.80. The molecule has 0 aliphatic heterocycles. The minimum absolute atomic E-state index is 0.178. The summed E-state index contributed by atoms with van der Waals surface area (Å²) in [5, 5.41) is 4.09. The topological polar surface area (TPSA) is 79.7 Å². The van der Waals surface area contributed by atoms with Crippen LogP contribution in [0.2, 0.25) is 0 Å². The van der Waals surface area contributed by atoms with Gasteiger partial charge in [-0.2, -0.15) is 5.10 Å². The average molecular weight is 350 g/mol. The largest absolute Gasteiger partial charge is 0.340 e. The number of amides is 1. The Morgan fingerprint density at radius 3 is 2.92 bits per heavy atom. The summed E-state index contributed by atoms with van der Waals surface area (Å²) in [7, 11) is 1.69. The highest BCUT2D eigenvalue weighted by atomic mass is 19.1. The van der Waals surface area contributed by atoms with Crippen LogP contribution in [0.5, 0.6) is 0 Å². The van der Waals surface area contributed by atoms with Crippen molar-refractivity contribution >= 4 is 16.9 Å². The standard InChI is InChI=1S/C18H15FN6O/c1-24(9-17-22-14-7-6-12(19)8-15(14)23-17)18(26)13-4-2-3-5-16(13)25-11-20-10-21-25/h2-8,10-11H,9H2,1H3,(H,22,23). The van der Waals surface area contributed by atoms with Gasteiger partial charge in [-0.15, -0.1) is 0 Å². The fourth-order valence-corrected chi connectivity index (χ4v) is 2.80. The van der Waals surface area contributed by atoms with Crippen LogP contribution in [0.25, 0.3) is 16.7 Å². The van der Waals surface area contributed by atoms with E-state index in [2.05, 4.69) is 20.1 Å². The minimum Gasteiger partial charge on any atom is -0.340 e. The number of aromatic amines is 1. The van der Waals surface area contributed by atoms with Gasteiger partial charge >= 0.3 is 0 Å². The van der Waals surface area contributed by atoms with Crippen molar-refractivity contribution < 1.29 is 9.18 Å².